The minimum atomic E-state index is -0.520. The summed E-state index contributed by atoms with van der Waals surface area (Å²) in [7, 11) is 0. The smallest absolute Gasteiger partial charge is 0.235 e. The number of nitrogens with two attached hydrogens (primary N) is 1. The molecule has 102 valence electrons. The van der Waals surface area contributed by atoms with Crippen LogP contribution in [0.2, 0.25) is 0 Å². The van der Waals surface area contributed by atoms with E-state index in [1.807, 2.05) is 0 Å². The number of rotatable bonds is 2. The molecule has 18 heavy (non-hydrogen) atoms. The molecule has 1 amide bonds. The van der Waals surface area contributed by atoms with E-state index in [1.165, 1.54) is 12.8 Å². The normalized spacial score (nSPS) is 27.8. The van der Waals surface area contributed by atoms with Crippen molar-refractivity contribution in [3.05, 3.63) is 0 Å². The monoisotopic (exact) mass is 268 g/mol. The molecule has 0 radical (unpaired) electrons. The number of nitrogens with zero attached hydrogens (tertiary/aromatic N) is 1. The van der Waals surface area contributed by atoms with Gasteiger partial charge in [-0.2, -0.15) is 0 Å². The summed E-state index contributed by atoms with van der Waals surface area (Å²) in [5.74, 6) is 0.210. The standard InChI is InChI=1S/C14H24N2OS/c1-11-7-3-2-6-10-16(11)13(17)14(12(15)18)8-4-5-9-14/h11H,2-10H2,1H3,(H2,15,18). The number of hydrogen-bond donors (Lipinski definition) is 1. The Bertz CT molecular complexity index is 337. The minimum Gasteiger partial charge on any atom is -0.392 e. The van der Waals surface area contributed by atoms with Crippen molar-refractivity contribution in [2.24, 2.45) is 11.1 Å². The van der Waals surface area contributed by atoms with Gasteiger partial charge in [0.2, 0.25) is 5.91 Å². The molecule has 1 unspecified atom stereocenters. The maximum Gasteiger partial charge on any atom is 0.235 e. The number of hydrogen-bond acceptors (Lipinski definition) is 2. The zero-order valence-corrected chi connectivity index (χ0v) is 12.1. The molecule has 0 aromatic rings. The van der Waals surface area contributed by atoms with Gasteiger partial charge in [0.05, 0.1) is 10.4 Å². The van der Waals surface area contributed by atoms with Crippen molar-refractivity contribution in [3.8, 4) is 0 Å². The Morgan fingerprint density at radius 2 is 1.89 bits per heavy atom. The van der Waals surface area contributed by atoms with E-state index < -0.39 is 5.41 Å². The predicted molar refractivity (Wildman–Crippen MR) is 77.3 cm³/mol. The van der Waals surface area contributed by atoms with Crippen LogP contribution in [0.5, 0.6) is 0 Å². The maximum atomic E-state index is 12.9. The van der Waals surface area contributed by atoms with Gasteiger partial charge in [-0.05, 0) is 32.6 Å². The largest absolute Gasteiger partial charge is 0.392 e. The summed E-state index contributed by atoms with van der Waals surface area (Å²) < 4.78 is 0. The first-order valence-corrected chi connectivity index (χ1v) is 7.60. The lowest BCUT2D eigenvalue weighted by atomic mass is 9.84. The maximum absolute atomic E-state index is 12.9. The van der Waals surface area contributed by atoms with Gasteiger partial charge < -0.3 is 10.6 Å². The molecule has 2 fully saturated rings. The number of likely N-dealkylation sites (tertiary alicyclic amines) is 1. The Kier molecular flexibility index (Phi) is 4.25. The molecule has 3 nitrogen and oxygen atoms in total. The summed E-state index contributed by atoms with van der Waals surface area (Å²) >= 11 is 5.22. The highest BCUT2D eigenvalue weighted by Gasteiger charge is 2.46. The van der Waals surface area contributed by atoms with Crippen LogP contribution in [0, 0.1) is 5.41 Å². The quantitative estimate of drug-likeness (QED) is 0.783. The van der Waals surface area contributed by atoms with Crippen molar-refractivity contribution >= 4 is 23.1 Å². The van der Waals surface area contributed by atoms with Crippen LogP contribution in [0.25, 0.3) is 0 Å². The van der Waals surface area contributed by atoms with E-state index in [0.29, 0.717) is 11.0 Å². The number of amides is 1. The minimum absolute atomic E-state index is 0.210. The summed E-state index contributed by atoms with van der Waals surface area (Å²) in [4.78, 5) is 15.4. The third-order valence-corrected chi connectivity index (χ3v) is 5.04. The van der Waals surface area contributed by atoms with Crippen molar-refractivity contribution in [2.75, 3.05) is 6.54 Å². The lowest BCUT2D eigenvalue weighted by molar-refractivity contribution is -0.140. The molecule has 1 aliphatic heterocycles. The van der Waals surface area contributed by atoms with Gasteiger partial charge in [-0.15, -0.1) is 0 Å². The van der Waals surface area contributed by atoms with Crippen LogP contribution in [0.1, 0.15) is 58.3 Å². The van der Waals surface area contributed by atoms with E-state index in [4.69, 9.17) is 18.0 Å². The van der Waals surface area contributed by atoms with Crippen LogP contribution in [0.4, 0.5) is 0 Å². The highest BCUT2D eigenvalue weighted by atomic mass is 32.1. The van der Waals surface area contributed by atoms with Crippen molar-refractivity contribution in [2.45, 2.75) is 64.3 Å². The fraction of sp³-hybridized carbons (Fsp3) is 0.857. The fourth-order valence-corrected chi connectivity index (χ4v) is 3.69. The molecule has 0 aromatic carbocycles. The van der Waals surface area contributed by atoms with Crippen LogP contribution in [-0.4, -0.2) is 28.4 Å². The summed E-state index contributed by atoms with van der Waals surface area (Å²) in [5, 5.41) is 0. The van der Waals surface area contributed by atoms with Crippen LogP contribution < -0.4 is 5.73 Å². The summed E-state index contributed by atoms with van der Waals surface area (Å²) in [6.45, 7) is 3.04. The number of carbonyl (C=O) groups excluding carboxylic acids is 1. The van der Waals surface area contributed by atoms with E-state index in [2.05, 4.69) is 11.8 Å². The molecule has 2 rings (SSSR count). The van der Waals surface area contributed by atoms with Gasteiger partial charge in [0.1, 0.15) is 0 Å². The molecule has 0 bridgehead atoms. The van der Waals surface area contributed by atoms with Crippen molar-refractivity contribution in [3.63, 3.8) is 0 Å². The van der Waals surface area contributed by atoms with Gasteiger partial charge in [0.15, 0.2) is 0 Å². The van der Waals surface area contributed by atoms with Gasteiger partial charge >= 0.3 is 0 Å². The van der Waals surface area contributed by atoms with Gasteiger partial charge in [-0.1, -0.05) is 37.9 Å². The molecule has 0 spiro atoms. The van der Waals surface area contributed by atoms with Gasteiger partial charge in [-0.25, -0.2) is 0 Å². The molecule has 1 atom stereocenters. The van der Waals surface area contributed by atoms with Crippen LogP contribution in [0.3, 0.4) is 0 Å². The van der Waals surface area contributed by atoms with Gasteiger partial charge in [-0.3, -0.25) is 4.79 Å². The zero-order chi connectivity index (χ0) is 13.2. The van der Waals surface area contributed by atoms with Crippen LogP contribution in [-0.2, 0) is 4.79 Å². The molecule has 0 aromatic heterocycles. The lowest BCUT2D eigenvalue weighted by Crippen LogP contribution is -2.51. The second-order valence-corrected chi connectivity index (χ2v) is 6.29. The Morgan fingerprint density at radius 3 is 2.50 bits per heavy atom. The molecule has 4 heteroatoms. The second-order valence-electron chi connectivity index (χ2n) is 5.85. The summed E-state index contributed by atoms with van der Waals surface area (Å²) in [6.07, 6.45) is 8.53. The predicted octanol–water partition coefficient (Wildman–Crippen LogP) is 2.62. The average Bonchev–Trinajstić information content (AvgIpc) is 2.74. The van der Waals surface area contributed by atoms with E-state index in [1.54, 1.807) is 0 Å². The second kappa shape index (κ2) is 5.55. The fourth-order valence-electron chi connectivity index (χ4n) is 3.40. The number of carbonyl (C=O) groups is 1. The Hall–Kier alpha value is -0.640. The van der Waals surface area contributed by atoms with E-state index in [-0.39, 0.29) is 5.91 Å². The van der Waals surface area contributed by atoms with Crippen molar-refractivity contribution in [1.82, 2.24) is 4.90 Å². The molecule has 1 heterocycles. The first-order valence-electron chi connectivity index (χ1n) is 7.19. The Labute approximate surface area is 115 Å². The van der Waals surface area contributed by atoms with Crippen LogP contribution in [0.15, 0.2) is 0 Å². The zero-order valence-electron chi connectivity index (χ0n) is 11.3. The number of thiocarbonyl (C=S) groups is 1. The Morgan fingerprint density at radius 1 is 1.22 bits per heavy atom. The molecule has 2 N–H and O–H groups in total. The van der Waals surface area contributed by atoms with Crippen molar-refractivity contribution < 1.29 is 4.79 Å². The van der Waals surface area contributed by atoms with Crippen LogP contribution >= 0.6 is 12.2 Å². The first kappa shape index (κ1) is 13.8. The summed E-state index contributed by atoms with van der Waals surface area (Å²) in [6, 6.07) is 0.340. The molecule has 1 aliphatic carbocycles. The van der Waals surface area contributed by atoms with Gasteiger partial charge in [0, 0.05) is 12.6 Å². The molecule has 1 saturated carbocycles. The average molecular weight is 268 g/mol. The molecule has 2 aliphatic rings. The van der Waals surface area contributed by atoms with E-state index in [0.717, 1.165) is 45.1 Å². The molecular formula is C14H24N2OS. The highest BCUT2D eigenvalue weighted by molar-refractivity contribution is 7.80. The van der Waals surface area contributed by atoms with Crippen molar-refractivity contribution in [1.29, 1.82) is 0 Å². The topological polar surface area (TPSA) is 46.3 Å². The Balaban J connectivity index is 2.19. The van der Waals surface area contributed by atoms with E-state index >= 15 is 0 Å². The SMILES string of the molecule is CC1CCCCCN1C(=O)C1(C(N)=S)CCCC1. The third kappa shape index (κ3) is 2.40. The summed E-state index contributed by atoms with van der Waals surface area (Å²) in [5.41, 5.74) is 5.39. The van der Waals surface area contributed by atoms with E-state index in [9.17, 15) is 4.79 Å². The first-order chi connectivity index (χ1) is 8.58. The highest BCUT2D eigenvalue weighted by Crippen LogP contribution is 2.41. The molecule has 1 saturated heterocycles. The molecular weight excluding hydrogens is 244 g/mol. The van der Waals surface area contributed by atoms with Gasteiger partial charge in [0.25, 0.3) is 0 Å². The third-order valence-electron chi connectivity index (χ3n) is 4.65. The lowest BCUT2D eigenvalue weighted by Gasteiger charge is -2.36.